The number of aromatic nitrogens is 1. The average molecular weight is 233 g/mol. The molecule has 0 aliphatic rings. The summed E-state index contributed by atoms with van der Waals surface area (Å²) in [5.41, 5.74) is -0.0733. The molecule has 0 fully saturated rings. The molecule has 0 aliphatic carbocycles. The molecule has 0 saturated heterocycles. The zero-order valence-electron chi connectivity index (χ0n) is 6.15. The van der Waals surface area contributed by atoms with Crippen molar-refractivity contribution in [1.29, 1.82) is 0 Å². The molecule has 64 valence electrons. The van der Waals surface area contributed by atoms with Crippen molar-refractivity contribution in [3.8, 4) is 5.88 Å². The maximum absolute atomic E-state index is 10.3. The van der Waals surface area contributed by atoms with Gasteiger partial charge in [-0.3, -0.25) is 10.1 Å². The van der Waals surface area contributed by atoms with Crippen LogP contribution in [0.4, 0.5) is 5.69 Å². The van der Waals surface area contributed by atoms with E-state index >= 15 is 0 Å². The molecule has 0 bridgehead atoms. The lowest BCUT2D eigenvalue weighted by Gasteiger charge is -1.98. The van der Waals surface area contributed by atoms with Crippen LogP contribution in [0.1, 0.15) is 0 Å². The van der Waals surface area contributed by atoms with Gasteiger partial charge in [0.25, 0.3) is 0 Å². The van der Waals surface area contributed by atoms with E-state index < -0.39 is 4.92 Å². The molecule has 0 N–H and O–H groups in total. The Labute approximate surface area is 76.7 Å². The van der Waals surface area contributed by atoms with Crippen LogP contribution in [0.25, 0.3) is 0 Å². The Hall–Kier alpha value is -1.17. The van der Waals surface area contributed by atoms with Gasteiger partial charge in [0.15, 0.2) is 0 Å². The highest BCUT2D eigenvalue weighted by Gasteiger charge is 2.12. The Morgan fingerprint density at radius 2 is 2.42 bits per heavy atom. The minimum absolute atomic E-state index is 0.0733. The molecular formula is C6H5BrN2O3. The van der Waals surface area contributed by atoms with Crippen molar-refractivity contribution in [2.45, 2.75) is 0 Å². The molecule has 1 heterocycles. The first kappa shape index (κ1) is 8.92. The summed E-state index contributed by atoms with van der Waals surface area (Å²) in [6, 6.07) is 1.44. The highest BCUT2D eigenvalue weighted by Crippen LogP contribution is 2.26. The van der Waals surface area contributed by atoms with Crippen LogP contribution in [0.15, 0.2) is 16.7 Å². The Morgan fingerprint density at radius 1 is 1.75 bits per heavy atom. The second kappa shape index (κ2) is 3.48. The third kappa shape index (κ3) is 1.70. The first-order valence-corrected chi connectivity index (χ1v) is 3.78. The third-order valence-electron chi connectivity index (χ3n) is 1.21. The molecule has 0 unspecified atom stereocenters. The van der Waals surface area contributed by atoms with Crippen LogP contribution in [0, 0.1) is 10.1 Å². The number of ether oxygens (including phenoxy) is 1. The summed E-state index contributed by atoms with van der Waals surface area (Å²) in [5, 5.41) is 10.3. The fourth-order valence-corrected chi connectivity index (χ4v) is 1.10. The topological polar surface area (TPSA) is 65.3 Å². The highest BCUT2D eigenvalue weighted by molar-refractivity contribution is 9.10. The third-order valence-corrected chi connectivity index (χ3v) is 1.85. The SMILES string of the molecule is COc1cc(Br)c([N+](=O)[O-])cn1. The van der Waals surface area contributed by atoms with E-state index in [1.54, 1.807) is 0 Å². The van der Waals surface area contributed by atoms with Crippen LogP contribution in [0.2, 0.25) is 0 Å². The van der Waals surface area contributed by atoms with Crippen molar-refractivity contribution in [2.75, 3.05) is 7.11 Å². The maximum atomic E-state index is 10.3. The summed E-state index contributed by atoms with van der Waals surface area (Å²) in [4.78, 5) is 13.5. The van der Waals surface area contributed by atoms with E-state index in [1.807, 2.05) is 0 Å². The first-order chi connectivity index (χ1) is 5.65. The minimum Gasteiger partial charge on any atom is -0.481 e. The number of rotatable bonds is 2. The van der Waals surface area contributed by atoms with E-state index in [2.05, 4.69) is 20.9 Å². The smallest absolute Gasteiger partial charge is 0.301 e. The Bertz CT molecular complexity index is 316. The number of halogens is 1. The molecule has 0 amide bonds. The largest absolute Gasteiger partial charge is 0.481 e. The predicted octanol–water partition coefficient (Wildman–Crippen LogP) is 1.76. The predicted molar refractivity (Wildman–Crippen MR) is 45.1 cm³/mol. The molecule has 0 aliphatic heterocycles. The molecule has 0 atom stereocenters. The molecule has 6 heteroatoms. The fourth-order valence-electron chi connectivity index (χ4n) is 0.652. The second-order valence-corrected chi connectivity index (χ2v) is 2.79. The summed E-state index contributed by atoms with van der Waals surface area (Å²) in [6.45, 7) is 0. The molecule has 5 nitrogen and oxygen atoms in total. The molecule has 1 rings (SSSR count). The van der Waals surface area contributed by atoms with Crippen LogP contribution in [-0.2, 0) is 0 Å². The Morgan fingerprint density at radius 3 is 2.83 bits per heavy atom. The monoisotopic (exact) mass is 232 g/mol. The van der Waals surface area contributed by atoms with Crippen molar-refractivity contribution in [1.82, 2.24) is 4.98 Å². The molecule has 0 spiro atoms. The van der Waals surface area contributed by atoms with Gasteiger partial charge in [0.2, 0.25) is 5.88 Å². The van der Waals surface area contributed by atoms with E-state index in [0.717, 1.165) is 6.20 Å². The standard InChI is InChI=1S/C6H5BrN2O3/c1-12-6-2-4(7)5(3-8-6)9(10)11/h2-3H,1H3. The second-order valence-electron chi connectivity index (χ2n) is 1.94. The summed E-state index contributed by atoms with van der Waals surface area (Å²) in [5.74, 6) is 0.340. The molecule has 0 radical (unpaired) electrons. The van der Waals surface area contributed by atoms with E-state index in [4.69, 9.17) is 4.74 Å². The van der Waals surface area contributed by atoms with Gasteiger partial charge < -0.3 is 4.74 Å². The van der Waals surface area contributed by atoms with Crippen LogP contribution >= 0.6 is 15.9 Å². The van der Waals surface area contributed by atoms with Gasteiger partial charge in [-0.05, 0) is 15.9 Å². The zero-order chi connectivity index (χ0) is 9.14. The van der Waals surface area contributed by atoms with Crippen LogP contribution < -0.4 is 4.74 Å². The van der Waals surface area contributed by atoms with E-state index in [0.29, 0.717) is 10.4 Å². The van der Waals surface area contributed by atoms with Gasteiger partial charge in [-0.15, -0.1) is 0 Å². The number of hydrogen-bond donors (Lipinski definition) is 0. The summed E-state index contributed by atoms with van der Waals surface area (Å²) >= 11 is 3.03. The van der Waals surface area contributed by atoms with Gasteiger partial charge in [-0.1, -0.05) is 0 Å². The first-order valence-electron chi connectivity index (χ1n) is 2.99. The molecule has 1 aromatic heterocycles. The molecular weight excluding hydrogens is 228 g/mol. The van der Waals surface area contributed by atoms with E-state index in [9.17, 15) is 10.1 Å². The summed E-state index contributed by atoms with van der Waals surface area (Å²) in [6.07, 6.45) is 1.14. The zero-order valence-corrected chi connectivity index (χ0v) is 7.74. The average Bonchev–Trinajstić information content (AvgIpc) is 2.03. The Balaban J connectivity index is 3.12. The van der Waals surface area contributed by atoms with Gasteiger partial charge in [-0.2, -0.15) is 0 Å². The van der Waals surface area contributed by atoms with Crippen molar-refractivity contribution < 1.29 is 9.66 Å². The number of hydrogen-bond acceptors (Lipinski definition) is 4. The lowest BCUT2D eigenvalue weighted by atomic mass is 10.4. The summed E-state index contributed by atoms with van der Waals surface area (Å²) in [7, 11) is 1.45. The van der Waals surface area contributed by atoms with Gasteiger partial charge in [-0.25, -0.2) is 4.98 Å². The van der Waals surface area contributed by atoms with Gasteiger partial charge in [0.1, 0.15) is 10.7 Å². The van der Waals surface area contributed by atoms with E-state index in [-0.39, 0.29) is 5.69 Å². The number of nitro groups is 1. The highest BCUT2D eigenvalue weighted by atomic mass is 79.9. The number of nitrogens with zero attached hydrogens (tertiary/aromatic N) is 2. The number of methoxy groups -OCH3 is 1. The van der Waals surface area contributed by atoms with Crippen molar-refractivity contribution in [3.63, 3.8) is 0 Å². The van der Waals surface area contributed by atoms with Gasteiger partial charge in [0, 0.05) is 6.07 Å². The lowest BCUT2D eigenvalue weighted by molar-refractivity contribution is -0.386. The maximum Gasteiger partial charge on any atom is 0.301 e. The molecule has 0 saturated carbocycles. The number of pyridine rings is 1. The van der Waals surface area contributed by atoms with Gasteiger partial charge in [0.05, 0.1) is 12.0 Å². The van der Waals surface area contributed by atoms with Crippen molar-refractivity contribution >= 4 is 21.6 Å². The lowest BCUT2D eigenvalue weighted by Crippen LogP contribution is -1.92. The molecule has 12 heavy (non-hydrogen) atoms. The van der Waals surface area contributed by atoms with Crippen LogP contribution in [0.5, 0.6) is 5.88 Å². The molecule has 0 aromatic carbocycles. The quantitative estimate of drug-likeness (QED) is 0.576. The van der Waals surface area contributed by atoms with E-state index in [1.165, 1.54) is 13.2 Å². The van der Waals surface area contributed by atoms with Crippen molar-refractivity contribution in [3.05, 3.63) is 26.9 Å². The summed E-state index contributed by atoms with van der Waals surface area (Å²) < 4.78 is 5.13. The Kier molecular flexibility index (Phi) is 2.59. The van der Waals surface area contributed by atoms with Crippen LogP contribution in [0.3, 0.4) is 0 Å². The van der Waals surface area contributed by atoms with Crippen molar-refractivity contribution in [2.24, 2.45) is 0 Å². The van der Waals surface area contributed by atoms with Gasteiger partial charge >= 0.3 is 5.69 Å². The fraction of sp³-hybridized carbons (Fsp3) is 0.167. The minimum atomic E-state index is -0.517. The normalized spacial score (nSPS) is 9.50. The van der Waals surface area contributed by atoms with Crippen LogP contribution in [-0.4, -0.2) is 17.0 Å². The molecule has 1 aromatic rings.